The monoisotopic (exact) mass is 330 g/mol. The summed E-state index contributed by atoms with van der Waals surface area (Å²) in [6.07, 6.45) is 1.79. The lowest BCUT2D eigenvalue weighted by Crippen LogP contribution is -2.25. The van der Waals surface area contributed by atoms with Crippen LogP contribution in [0.5, 0.6) is 5.75 Å². The van der Waals surface area contributed by atoms with Crippen LogP contribution in [0.2, 0.25) is 0 Å². The third kappa shape index (κ3) is 2.92. The van der Waals surface area contributed by atoms with Gasteiger partial charge in [0.2, 0.25) is 0 Å². The number of benzene rings is 2. The van der Waals surface area contributed by atoms with Gasteiger partial charge in [0.05, 0.1) is 25.3 Å². The summed E-state index contributed by atoms with van der Waals surface area (Å²) in [5.74, 6) is 0.421. The van der Waals surface area contributed by atoms with Crippen molar-refractivity contribution >= 4 is 12.0 Å². The Kier molecular flexibility index (Phi) is 4.40. The zero-order chi connectivity index (χ0) is 18.0. The summed E-state index contributed by atoms with van der Waals surface area (Å²) in [4.78, 5) is 14.4. The Morgan fingerprint density at radius 1 is 1.32 bits per heavy atom. The third-order valence-electron chi connectivity index (χ3n) is 4.34. The van der Waals surface area contributed by atoms with E-state index in [2.05, 4.69) is 13.2 Å². The SMILES string of the molecule is C=Cc1ccc(-c2ccc(OC)c3c2CN(CC(=C)C#N)C3=O)cc1. The lowest BCUT2D eigenvalue weighted by atomic mass is 9.95. The first-order valence-corrected chi connectivity index (χ1v) is 7.89. The highest BCUT2D eigenvalue weighted by atomic mass is 16.5. The highest BCUT2D eigenvalue weighted by Gasteiger charge is 2.33. The average Bonchev–Trinajstić information content (AvgIpc) is 2.97. The minimum atomic E-state index is -0.132. The molecule has 1 aliphatic heterocycles. The molecule has 1 aliphatic rings. The molecular formula is C21H18N2O2. The van der Waals surface area contributed by atoms with Gasteiger partial charge in [-0.2, -0.15) is 5.26 Å². The van der Waals surface area contributed by atoms with Crippen molar-refractivity contribution in [2.45, 2.75) is 6.54 Å². The zero-order valence-electron chi connectivity index (χ0n) is 14.1. The van der Waals surface area contributed by atoms with Crippen molar-refractivity contribution < 1.29 is 9.53 Å². The summed E-state index contributed by atoms with van der Waals surface area (Å²) >= 11 is 0. The van der Waals surface area contributed by atoms with Crippen molar-refractivity contribution in [3.05, 3.63) is 71.8 Å². The Labute approximate surface area is 147 Å². The van der Waals surface area contributed by atoms with Crippen molar-refractivity contribution in [3.8, 4) is 22.9 Å². The van der Waals surface area contributed by atoms with Gasteiger partial charge >= 0.3 is 0 Å². The second-order valence-electron chi connectivity index (χ2n) is 5.87. The number of fused-ring (bicyclic) bond motifs is 1. The lowest BCUT2D eigenvalue weighted by molar-refractivity contribution is 0.0791. The van der Waals surface area contributed by atoms with Crippen LogP contribution >= 0.6 is 0 Å². The summed E-state index contributed by atoms with van der Waals surface area (Å²) in [6.45, 7) is 8.11. The van der Waals surface area contributed by atoms with Gasteiger partial charge in [-0.15, -0.1) is 0 Å². The Balaban J connectivity index is 2.07. The molecule has 25 heavy (non-hydrogen) atoms. The van der Waals surface area contributed by atoms with E-state index in [0.29, 0.717) is 23.4 Å². The summed E-state index contributed by atoms with van der Waals surface area (Å²) < 4.78 is 5.39. The predicted octanol–water partition coefficient (Wildman–Crippen LogP) is 4.04. The normalized spacial score (nSPS) is 12.5. The average molecular weight is 330 g/mol. The number of nitrogens with zero attached hydrogens (tertiary/aromatic N) is 2. The van der Waals surface area contributed by atoms with Gasteiger partial charge in [-0.05, 0) is 28.3 Å². The van der Waals surface area contributed by atoms with Crippen molar-refractivity contribution in [3.63, 3.8) is 0 Å². The van der Waals surface area contributed by atoms with E-state index in [-0.39, 0.29) is 12.5 Å². The van der Waals surface area contributed by atoms with Crippen LogP contribution in [-0.2, 0) is 6.54 Å². The van der Waals surface area contributed by atoms with Crippen molar-refractivity contribution in [1.29, 1.82) is 5.26 Å². The number of carbonyl (C=O) groups is 1. The van der Waals surface area contributed by atoms with E-state index in [1.165, 1.54) is 0 Å². The molecule has 0 atom stereocenters. The van der Waals surface area contributed by atoms with Gasteiger partial charge in [0, 0.05) is 12.1 Å². The van der Waals surface area contributed by atoms with E-state index in [1.807, 2.05) is 42.5 Å². The molecule has 0 saturated carbocycles. The topological polar surface area (TPSA) is 53.3 Å². The maximum atomic E-state index is 12.8. The molecule has 1 amide bonds. The number of methoxy groups -OCH3 is 1. The quantitative estimate of drug-likeness (QED) is 0.778. The Morgan fingerprint density at radius 2 is 2.04 bits per heavy atom. The van der Waals surface area contributed by atoms with E-state index in [1.54, 1.807) is 18.1 Å². The predicted molar refractivity (Wildman–Crippen MR) is 98.0 cm³/mol. The van der Waals surface area contributed by atoms with Crippen LogP contribution < -0.4 is 4.74 Å². The highest BCUT2D eigenvalue weighted by molar-refractivity contribution is 6.03. The van der Waals surface area contributed by atoms with E-state index < -0.39 is 0 Å². The number of ether oxygens (including phenoxy) is 1. The molecular weight excluding hydrogens is 312 g/mol. The fourth-order valence-electron chi connectivity index (χ4n) is 3.08. The smallest absolute Gasteiger partial charge is 0.258 e. The third-order valence-corrected chi connectivity index (χ3v) is 4.34. The molecule has 1 heterocycles. The van der Waals surface area contributed by atoms with E-state index >= 15 is 0 Å². The fourth-order valence-corrected chi connectivity index (χ4v) is 3.08. The van der Waals surface area contributed by atoms with Crippen molar-refractivity contribution in [1.82, 2.24) is 4.90 Å². The largest absolute Gasteiger partial charge is 0.496 e. The number of amides is 1. The minimum absolute atomic E-state index is 0.132. The van der Waals surface area contributed by atoms with Gasteiger partial charge < -0.3 is 9.64 Å². The molecule has 0 fully saturated rings. The summed E-state index contributed by atoms with van der Waals surface area (Å²) in [7, 11) is 1.55. The molecule has 0 unspecified atom stereocenters. The van der Waals surface area contributed by atoms with Crippen molar-refractivity contribution in [2.75, 3.05) is 13.7 Å². The van der Waals surface area contributed by atoms with Gasteiger partial charge in [-0.1, -0.05) is 49.6 Å². The summed E-state index contributed by atoms with van der Waals surface area (Å²) in [5, 5.41) is 8.96. The molecule has 124 valence electrons. The lowest BCUT2D eigenvalue weighted by Gasteiger charge is -2.14. The number of hydrogen-bond donors (Lipinski definition) is 0. The Hall–Kier alpha value is -3.32. The molecule has 2 aromatic carbocycles. The molecule has 0 saturated heterocycles. The molecule has 0 aliphatic carbocycles. The van der Waals surface area contributed by atoms with Crippen LogP contribution in [0.15, 0.2) is 55.1 Å². The standard InChI is InChI=1S/C21H18N2O2/c1-4-15-5-7-16(8-6-15)17-9-10-19(25-3)20-18(17)13-23(21(20)24)12-14(2)11-22/h4-10H,1-2,12-13H2,3H3. The molecule has 0 spiro atoms. The number of hydrogen-bond acceptors (Lipinski definition) is 3. The minimum Gasteiger partial charge on any atom is -0.496 e. The van der Waals surface area contributed by atoms with Crippen LogP contribution in [0.4, 0.5) is 0 Å². The van der Waals surface area contributed by atoms with Gasteiger partial charge in [0.25, 0.3) is 5.91 Å². The first kappa shape index (κ1) is 16.5. The number of nitriles is 1. The van der Waals surface area contributed by atoms with Gasteiger partial charge in [0.15, 0.2) is 0 Å². The molecule has 3 rings (SSSR count). The fraction of sp³-hybridized carbons (Fsp3) is 0.143. The van der Waals surface area contributed by atoms with E-state index in [4.69, 9.17) is 10.00 Å². The highest BCUT2D eigenvalue weighted by Crippen LogP contribution is 2.38. The van der Waals surface area contributed by atoms with Gasteiger partial charge in [-0.25, -0.2) is 0 Å². The van der Waals surface area contributed by atoms with Crippen LogP contribution in [0.3, 0.4) is 0 Å². The van der Waals surface area contributed by atoms with Crippen molar-refractivity contribution in [2.24, 2.45) is 0 Å². The summed E-state index contributed by atoms with van der Waals surface area (Å²) in [5.41, 5.74) is 4.90. The second-order valence-corrected chi connectivity index (χ2v) is 5.87. The maximum Gasteiger partial charge on any atom is 0.258 e. The van der Waals surface area contributed by atoms with E-state index in [0.717, 1.165) is 22.3 Å². The molecule has 4 heteroatoms. The van der Waals surface area contributed by atoms with Crippen LogP contribution in [-0.4, -0.2) is 24.5 Å². The molecule has 0 radical (unpaired) electrons. The van der Waals surface area contributed by atoms with Gasteiger partial charge in [0.1, 0.15) is 5.75 Å². The molecule has 2 aromatic rings. The Bertz CT molecular complexity index is 905. The number of rotatable bonds is 5. The van der Waals surface area contributed by atoms with Crippen LogP contribution in [0.25, 0.3) is 17.2 Å². The molecule has 0 aromatic heterocycles. The van der Waals surface area contributed by atoms with E-state index in [9.17, 15) is 4.79 Å². The maximum absolute atomic E-state index is 12.8. The molecule has 0 N–H and O–H groups in total. The van der Waals surface area contributed by atoms with Crippen LogP contribution in [0.1, 0.15) is 21.5 Å². The zero-order valence-corrected chi connectivity index (χ0v) is 14.1. The number of carbonyl (C=O) groups excluding carboxylic acids is 1. The first-order chi connectivity index (χ1) is 12.1. The first-order valence-electron chi connectivity index (χ1n) is 7.89. The molecule has 0 bridgehead atoms. The molecule has 4 nitrogen and oxygen atoms in total. The van der Waals surface area contributed by atoms with Crippen LogP contribution in [0, 0.1) is 11.3 Å². The second kappa shape index (κ2) is 6.66. The van der Waals surface area contributed by atoms with Gasteiger partial charge in [-0.3, -0.25) is 4.79 Å². The Morgan fingerprint density at radius 3 is 2.64 bits per heavy atom. The summed E-state index contributed by atoms with van der Waals surface area (Å²) in [6, 6.07) is 13.8.